The zero-order valence-electron chi connectivity index (χ0n) is 57.8. The first kappa shape index (κ1) is 61.4. The monoisotopic (exact) mass is 1380 g/mol. The van der Waals surface area contributed by atoms with Crippen molar-refractivity contribution in [3.8, 4) is 79.9 Å². The number of para-hydroxylation sites is 4. The highest BCUT2D eigenvalue weighted by Crippen LogP contribution is 2.42. The molecule has 0 atom stereocenters. The van der Waals surface area contributed by atoms with E-state index < -0.39 is 8.07 Å². The van der Waals surface area contributed by atoms with E-state index >= 15 is 0 Å². The molecule has 15 aromatic carbocycles. The van der Waals surface area contributed by atoms with Crippen molar-refractivity contribution in [1.29, 1.82) is 0 Å². The lowest BCUT2D eigenvalue weighted by atomic mass is 10.0. The molecule has 21 aromatic rings. The fourth-order valence-corrected chi connectivity index (χ4v) is 21.4. The van der Waals surface area contributed by atoms with E-state index in [9.17, 15) is 0 Å². The summed E-state index contributed by atoms with van der Waals surface area (Å²) in [5.74, 6) is 3.48. The Morgan fingerprint density at radius 2 is 0.467 bits per heavy atom. The fraction of sp³-hybridized carbons (Fsp3) is 0. The molecule has 11 heteroatoms. The zero-order valence-corrected chi connectivity index (χ0v) is 58.8. The predicted octanol–water partition coefficient (Wildman–Crippen LogP) is 20.2. The minimum absolute atomic E-state index is 0.523. The van der Waals surface area contributed by atoms with Crippen LogP contribution in [-0.4, -0.2) is 56.2 Å². The third kappa shape index (κ3) is 10.0. The Morgan fingerprint density at radius 1 is 0.168 bits per heavy atom. The highest BCUT2D eigenvalue weighted by molar-refractivity contribution is 7.20. The molecule has 0 aliphatic carbocycles. The number of aromatic nitrogens is 10. The van der Waals surface area contributed by atoms with Gasteiger partial charge in [-0.25, -0.2) is 9.97 Å². The van der Waals surface area contributed by atoms with Crippen LogP contribution in [0.15, 0.2) is 376 Å². The van der Waals surface area contributed by atoms with Gasteiger partial charge in [-0.05, 0) is 98.6 Å². The Bertz CT molecular complexity index is 6850. The summed E-state index contributed by atoms with van der Waals surface area (Å²) in [5.41, 5.74) is 16.4. The summed E-state index contributed by atoms with van der Waals surface area (Å²) < 4.78 is 9.29. The lowest BCUT2D eigenvalue weighted by Crippen LogP contribution is -2.74. The van der Waals surface area contributed by atoms with Crippen molar-refractivity contribution >= 4 is 116 Å². The van der Waals surface area contributed by atoms with Crippen LogP contribution >= 0.6 is 0 Å². The predicted molar refractivity (Wildman–Crippen MR) is 441 cm³/mol. The molecule has 0 aliphatic rings. The first-order valence-corrected chi connectivity index (χ1v) is 38.2. The van der Waals surface area contributed by atoms with E-state index in [1.54, 1.807) is 0 Å². The van der Waals surface area contributed by atoms with Gasteiger partial charge in [0.25, 0.3) is 0 Å². The molecule has 0 fully saturated rings. The first-order chi connectivity index (χ1) is 53.1. The summed E-state index contributed by atoms with van der Waals surface area (Å²) in [6.45, 7) is 0. The molecule has 0 saturated carbocycles. The highest BCUT2D eigenvalue weighted by atomic mass is 28.3. The van der Waals surface area contributed by atoms with Gasteiger partial charge in [0.2, 0.25) is 11.9 Å². The molecule has 0 bridgehead atoms. The van der Waals surface area contributed by atoms with E-state index in [0.717, 1.165) is 121 Å². The smallest absolute Gasteiger partial charge is 0.238 e. The minimum atomic E-state index is -3.20. The Labute approximate surface area is 616 Å². The van der Waals surface area contributed by atoms with Crippen molar-refractivity contribution in [3.63, 3.8) is 0 Å². The molecule has 21 rings (SSSR count). The van der Waals surface area contributed by atoms with Crippen molar-refractivity contribution in [2.24, 2.45) is 0 Å². The molecular formula is C96H62N10Si. The molecule has 0 unspecified atom stereocenters. The summed E-state index contributed by atoms with van der Waals surface area (Å²) >= 11 is 0. The molecule has 0 saturated heterocycles. The molecule has 0 radical (unpaired) electrons. The van der Waals surface area contributed by atoms with E-state index in [4.69, 9.17) is 29.9 Å². The van der Waals surface area contributed by atoms with Gasteiger partial charge in [0, 0.05) is 76.7 Å². The fourth-order valence-electron chi connectivity index (χ4n) is 16.6. The van der Waals surface area contributed by atoms with Crippen molar-refractivity contribution in [3.05, 3.63) is 376 Å². The Morgan fingerprint density at radius 3 is 0.907 bits per heavy atom. The van der Waals surface area contributed by atoms with Gasteiger partial charge < -0.3 is 9.13 Å². The first-order valence-electron chi connectivity index (χ1n) is 36.2. The minimum Gasteiger partial charge on any atom is -0.309 e. The van der Waals surface area contributed by atoms with Crippen molar-refractivity contribution in [2.75, 3.05) is 0 Å². The van der Waals surface area contributed by atoms with Gasteiger partial charge in [-0.3, -0.25) is 9.13 Å². The molecule has 107 heavy (non-hydrogen) atoms. The summed E-state index contributed by atoms with van der Waals surface area (Å²) in [5, 5.41) is 14.2. The lowest BCUT2D eigenvalue weighted by Gasteiger charge is -2.35. The van der Waals surface area contributed by atoms with Gasteiger partial charge in [-0.2, -0.15) is 19.9 Å². The van der Waals surface area contributed by atoms with Crippen LogP contribution in [0.2, 0.25) is 0 Å². The largest absolute Gasteiger partial charge is 0.309 e. The normalized spacial score (nSPS) is 11.9. The van der Waals surface area contributed by atoms with Gasteiger partial charge >= 0.3 is 0 Å². The highest BCUT2D eigenvalue weighted by Gasteiger charge is 2.42. The molecular weight excluding hydrogens is 1320 g/mol. The molecule has 0 spiro atoms. The van der Waals surface area contributed by atoms with Gasteiger partial charge in [0.05, 0.1) is 44.1 Å². The van der Waals surface area contributed by atoms with Crippen LogP contribution in [0.3, 0.4) is 0 Å². The third-order valence-corrected chi connectivity index (χ3v) is 26.2. The maximum absolute atomic E-state index is 5.45. The second-order valence-electron chi connectivity index (χ2n) is 27.4. The van der Waals surface area contributed by atoms with E-state index in [2.05, 4.69) is 322 Å². The number of benzene rings is 15. The summed E-state index contributed by atoms with van der Waals surface area (Å²) in [7, 11) is -3.20. The summed E-state index contributed by atoms with van der Waals surface area (Å²) in [6, 6.07) is 135. The Balaban J connectivity index is 0.738. The maximum Gasteiger partial charge on any atom is 0.238 e. The zero-order chi connectivity index (χ0) is 70.5. The van der Waals surface area contributed by atoms with Gasteiger partial charge in [-0.1, -0.05) is 309 Å². The molecule has 10 nitrogen and oxygen atoms in total. The number of hydrogen-bond acceptors (Lipinski definition) is 6. The number of rotatable bonds is 13. The van der Waals surface area contributed by atoms with Crippen LogP contribution < -0.4 is 20.7 Å². The van der Waals surface area contributed by atoms with Gasteiger partial charge in [0.1, 0.15) is 0 Å². The Hall–Kier alpha value is -14.3. The average molecular weight is 1380 g/mol. The average Bonchev–Trinajstić information content (AvgIpc) is 1.71. The van der Waals surface area contributed by atoms with Crippen LogP contribution in [0.5, 0.6) is 0 Å². The molecule has 0 amide bonds. The SMILES string of the molecule is c1ccc(-c2nc(-c3ccccc3)nc(-n3c4ccccc4c4cc([Si](c5ccccc5)(c5ccccc5)c5cccc(-c6ccc7c(c6)c6ccccc6n7-c6ccc7c8ccc(-n9c%10ccccc%10c%10ccccc%109)cc8n(-c8nc(-c9ccccc9)nc(-c9ccccc9)n8)c7c6)c5)ccc43)n2)cc1. The van der Waals surface area contributed by atoms with E-state index in [1.807, 2.05) is 72.8 Å². The number of hydrogen-bond donors (Lipinski definition) is 0. The van der Waals surface area contributed by atoms with E-state index in [0.29, 0.717) is 35.2 Å². The standard InChI is InChI=1S/C96H62N10Si/c1-7-28-63(29-8-1)91-97-92(64-30-9-2-10-31-64)100-95(99-91)105-86-49-26-22-45-78(86)82-62-74(53-57-88(82)105)107(71-37-15-5-16-38-71,72-39-17-6-18-40-72)73-41-27-36-67(58-73)68-50-56-87-81(59-68)77-44-21-25-48-85(77)104(87)70-52-55-80-79-54-51-69(103-83-46-23-19-42-75(83)76-43-20-24-47-84(76)103)60-89(79)106(90(80)61-70)96-101-93(65-32-11-3-12-33-65)98-94(102-96)66-34-13-4-14-35-66/h1-62H. The van der Waals surface area contributed by atoms with Crippen LogP contribution in [0.1, 0.15) is 0 Å². The second-order valence-corrected chi connectivity index (χ2v) is 31.2. The molecule has 6 heterocycles. The summed E-state index contributed by atoms with van der Waals surface area (Å²) in [4.78, 5) is 31.7. The Kier molecular flexibility index (Phi) is 14.4. The van der Waals surface area contributed by atoms with Crippen molar-refractivity contribution in [1.82, 2.24) is 48.2 Å². The number of fused-ring (bicyclic) bond motifs is 12. The molecule has 0 N–H and O–H groups in total. The third-order valence-electron chi connectivity index (χ3n) is 21.4. The van der Waals surface area contributed by atoms with Gasteiger partial charge in [0.15, 0.2) is 31.4 Å². The van der Waals surface area contributed by atoms with Gasteiger partial charge in [-0.15, -0.1) is 0 Å². The van der Waals surface area contributed by atoms with E-state index in [-0.39, 0.29) is 0 Å². The lowest BCUT2D eigenvalue weighted by molar-refractivity contribution is 0.952. The van der Waals surface area contributed by atoms with Crippen LogP contribution in [0, 0.1) is 0 Å². The topological polar surface area (TPSA) is 97.1 Å². The van der Waals surface area contributed by atoms with Crippen LogP contribution in [0.4, 0.5) is 0 Å². The van der Waals surface area contributed by atoms with Crippen molar-refractivity contribution < 1.29 is 0 Å². The molecule has 0 aliphatic heterocycles. The quantitative estimate of drug-likeness (QED) is 0.0843. The van der Waals surface area contributed by atoms with Crippen LogP contribution in [0.25, 0.3) is 167 Å². The maximum atomic E-state index is 5.45. The van der Waals surface area contributed by atoms with Crippen LogP contribution in [-0.2, 0) is 0 Å². The number of nitrogens with zero attached hydrogens (tertiary/aromatic N) is 10. The molecule has 6 aromatic heterocycles. The second kappa shape index (κ2) is 25.0. The molecule has 500 valence electrons. The summed E-state index contributed by atoms with van der Waals surface area (Å²) in [6.07, 6.45) is 0. The van der Waals surface area contributed by atoms with Crippen molar-refractivity contribution in [2.45, 2.75) is 0 Å². The van der Waals surface area contributed by atoms with E-state index in [1.165, 1.54) is 31.5 Å².